The maximum absolute atomic E-state index is 13.3. The lowest BCUT2D eigenvalue weighted by Crippen LogP contribution is -2.44. The molecule has 1 saturated heterocycles. The second-order valence-corrected chi connectivity index (χ2v) is 7.14. The number of halogens is 2. The van der Waals surface area contributed by atoms with Gasteiger partial charge in [-0.1, -0.05) is 41.6 Å². The lowest BCUT2D eigenvalue weighted by Gasteiger charge is -2.15. The molecule has 0 saturated carbocycles. The van der Waals surface area contributed by atoms with E-state index in [9.17, 15) is 14.0 Å². The van der Waals surface area contributed by atoms with Gasteiger partial charge in [-0.3, -0.25) is 15.0 Å². The molecule has 2 aromatic carbocycles. The number of carbonyl (C=O) groups is 2. The molecule has 3 rings (SSSR count). The molecule has 8 heteroatoms. The van der Waals surface area contributed by atoms with E-state index in [1.54, 1.807) is 30.3 Å². The molecule has 25 heavy (non-hydrogen) atoms. The van der Waals surface area contributed by atoms with Crippen molar-refractivity contribution in [2.75, 3.05) is 0 Å². The molecule has 4 nitrogen and oxygen atoms in total. The second-order valence-electron chi connectivity index (χ2n) is 5.02. The Morgan fingerprint density at radius 3 is 2.72 bits per heavy atom. The minimum atomic E-state index is -0.509. The van der Waals surface area contributed by atoms with Crippen molar-refractivity contribution in [1.82, 2.24) is 10.4 Å². The first kappa shape index (κ1) is 17.6. The number of rotatable bonds is 3. The summed E-state index contributed by atoms with van der Waals surface area (Å²) in [5, 5.41) is 1.40. The van der Waals surface area contributed by atoms with Crippen LogP contribution in [0.2, 0.25) is 5.02 Å². The Balaban J connectivity index is 1.78. The monoisotopic (exact) mass is 392 g/mol. The van der Waals surface area contributed by atoms with Crippen LogP contribution in [0.4, 0.5) is 4.39 Å². The van der Waals surface area contributed by atoms with Crippen LogP contribution in [0.3, 0.4) is 0 Å². The van der Waals surface area contributed by atoms with Crippen LogP contribution in [-0.4, -0.2) is 21.1 Å². The summed E-state index contributed by atoms with van der Waals surface area (Å²) in [5.41, 5.74) is 3.29. The van der Waals surface area contributed by atoms with Crippen molar-refractivity contribution in [3.05, 3.63) is 75.4 Å². The van der Waals surface area contributed by atoms with Crippen LogP contribution in [0.1, 0.15) is 15.9 Å². The first-order chi connectivity index (χ1) is 11.9. The number of hydrazine groups is 1. The molecular formula is C17H10ClFN2O2S2. The molecule has 1 aliphatic heterocycles. The zero-order chi connectivity index (χ0) is 18.0. The molecule has 0 aromatic heterocycles. The largest absolute Gasteiger partial charge is 0.285 e. The minimum absolute atomic E-state index is 0.183. The number of thioether (sulfide) groups is 1. The summed E-state index contributed by atoms with van der Waals surface area (Å²) < 4.78 is 13.4. The maximum atomic E-state index is 13.3. The van der Waals surface area contributed by atoms with Gasteiger partial charge >= 0.3 is 0 Å². The van der Waals surface area contributed by atoms with E-state index in [0.29, 0.717) is 21.1 Å². The lowest BCUT2D eigenvalue weighted by molar-refractivity contribution is -0.123. The molecule has 0 bridgehead atoms. The van der Waals surface area contributed by atoms with Gasteiger partial charge in [0.05, 0.1) is 4.91 Å². The first-order valence-electron chi connectivity index (χ1n) is 7.04. The maximum Gasteiger partial charge on any atom is 0.285 e. The first-order valence-corrected chi connectivity index (χ1v) is 8.64. The third kappa shape index (κ3) is 4.07. The Bertz CT molecular complexity index is 917. The summed E-state index contributed by atoms with van der Waals surface area (Å²) >= 11 is 12.0. The molecule has 1 heterocycles. The fraction of sp³-hybridized carbons (Fsp3) is 0. The second kappa shape index (κ2) is 7.35. The molecule has 0 aliphatic carbocycles. The molecule has 1 aliphatic rings. The van der Waals surface area contributed by atoms with Crippen LogP contribution in [0, 0.1) is 5.82 Å². The van der Waals surface area contributed by atoms with Crippen LogP contribution < -0.4 is 5.43 Å². The smallest absolute Gasteiger partial charge is 0.267 e. The average molecular weight is 393 g/mol. The summed E-state index contributed by atoms with van der Waals surface area (Å²) in [5.74, 6) is -1.39. The van der Waals surface area contributed by atoms with E-state index >= 15 is 0 Å². The number of hydrogen-bond acceptors (Lipinski definition) is 4. The van der Waals surface area contributed by atoms with Crippen molar-refractivity contribution < 1.29 is 14.0 Å². The van der Waals surface area contributed by atoms with Crippen molar-refractivity contribution in [2.24, 2.45) is 0 Å². The SMILES string of the molecule is O=C(NN1C(=O)/C(=C/c2cccc(F)c2)SC1=S)c1cccc(Cl)c1. The van der Waals surface area contributed by atoms with Crippen molar-refractivity contribution in [3.63, 3.8) is 0 Å². The zero-order valence-corrected chi connectivity index (χ0v) is 14.9. The van der Waals surface area contributed by atoms with Gasteiger partial charge < -0.3 is 0 Å². The summed E-state index contributed by atoms with van der Waals surface area (Å²) in [4.78, 5) is 25.0. The third-order valence-corrected chi connectivity index (χ3v) is 4.78. The highest BCUT2D eigenvalue weighted by Gasteiger charge is 2.33. The van der Waals surface area contributed by atoms with Gasteiger partial charge in [0.1, 0.15) is 5.82 Å². The minimum Gasteiger partial charge on any atom is -0.267 e. The summed E-state index contributed by atoms with van der Waals surface area (Å²) in [6.07, 6.45) is 1.52. The normalized spacial score (nSPS) is 15.8. The topological polar surface area (TPSA) is 49.4 Å². The van der Waals surface area contributed by atoms with E-state index in [0.717, 1.165) is 16.8 Å². The van der Waals surface area contributed by atoms with Crippen molar-refractivity contribution >= 4 is 57.8 Å². The van der Waals surface area contributed by atoms with Gasteiger partial charge in [0, 0.05) is 10.6 Å². The zero-order valence-electron chi connectivity index (χ0n) is 12.5. The Labute approximate surface area is 157 Å². The fourth-order valence-corrected chi connectivity index (χ4v) is 3.48. The Kier molecular flexibility index (Phi) is 5.17. The number of nitrogens with one attached hydrogen (secondary N) is 1. The van der Waals surface area contributed by atoms with E-state index < -0.39 is 17.6 Å². The number of hydrogen-bond donors (Lipinski definition) is 1. The van der Waals surface area contributed by atoms with Crippen molar-refractivity contribution in [1.29, 1.82) is 0 Å². The van der Waals surface area contributed by atoms with E-state index in [4.69, 9.17) is 23.8 Å². The number of thiocarbonyl (C=S) groups is 1. The summed E-state index contributed by atoms with van der Waals surface area (Å²) in [6.45, 7) is 0. The molecule has 2 amide bonds. The Hall–Kier alpha value is -2.22. The number of benzene rings is 2. The number of carbonyl (C=O) groups excluding carboxylic acids is 2. The highest BCUT2D eigenvalue weighted by atomic mass is 35.5. The molecule has 2 aromatic rings. The van der Waals surface area contributed by atoms with Gasteiger partial charge in [0.15, 0.2) is 4.32 Å². The van der Waals surface area contributed by atoms with Crippen LogP contribution >= 0.6 is 35.6 Å². The standard InChI is InChI=1S/C17H10ClFN2O2S2/c18-12-5-2-4-11(9-12)15(22)20-21-16(23)14(25-17(21)24)8-10-3-1-6-13(19)7-10/h1-9H,(H,20,22)/b14-8-. The molecule has 0 radical (unpaired) electrons. The highest BCUT2D eigenvalue weighted by Crippen LogP contribution is 2.31. The molecule has 1 N–H and O–H groups in total. The van der Waals surface area contributed by atoms with Crippen LogP contribution in [-0.2, 0) is 4.79 Å². The van der Waals surface area contributed by atoms with Gasteiger partial charge in [0.2, 0.25) is 0 Å². The summed E-state index contributed by atoms with van der Waals surface area (Å²) in [7, 11) is 0. The molecule has 1 fully saturated rings. The van der Waals surface area contributed by atoms with Gasteiger partial charge in [0.25, 0.3) is 11.8 Å². The quantitative estimate of drug-likeness (QED) is 0.633. The highest BCUT2D eigenvalue weighted by molar-refractivity contribution is 8.26. The van der Waals surface area contributed by atoms with Gasteiger partial charge in [-0.2, -0.15) is 5.01 Å². The van der Waals surface area contributed by atoms with Crippen LogP contribution in [0.5, 0.6) is 0 Å². The van der Waals surface area contributed by atoms with E-state index in [1.807, 2.05) is 0 Å². The van der Waals surface area contributed by atoms with Gasteiger partial charge in [-0.25, -0.2) is 4.39 Å². The predicted molar refractivity (Wildman–Crippen MR) is 100 cm³/mol. The Morgan fingerprint density at radius 2 is 2.00 bits per heavy atom. The van der Waals surface area contributed by atoms with Gasteiger partial charge in [-0.15, -0.1) is 0 Å². The average Bonchev–Trinajstić information content (AvgIpc) is 2.82. The van der Waals surface area contributed by atoms with Crippen LogP contribution in [0.15, 0.2) is 53.4 Å². The summed E-state index contributed by atoms with van der Waals surface area (Å²) in [6, 6.07) is 12.2. The molecule has 126 valence electrons. The number of amides is 2. The van der Waals surface area contributed by atoms with E-state index in [2.05, 4.69) is 5.43 Å². The Morgan fingerprint density at radius 1 is 1.24 bits per heavy atom. The number of nitrogens with zero attached hydrogens (tertiary/aromatic N) is 1. The fourth-order valence-electron chi connectivity index (χ4n) is 2.11. The van der Waals surface area contributed by atoms with E-state index in [1.165, 1.54) is 24.3 Å². The molecular weight excluding hydrogens is 383 g/mol. The lowest BCUT2D eigenvalue weighted by atomic mass is 10.2. The van der Waals surface area contributed by atoms with Crippen molar-refractivity contribution in [3.8, 4) is 0 Å². The molecule has 0 atom stereocenters. The van der Waals surface area contributed by atoms with Crippen LogP contribution in [0.25, 0.3) is 6.08 Å². The van der Waals surface area contributed by atoms with Crippen molar-refractivity contribution in [2.45, 2.75) is 0 Å². The third-order valence-electron chi connectivity index (χ3n) is 3.24. The van der Waals surface area contributed by atoms with Gasteiger partial charge in [-0.05, 0) is 54.2 Å². The molecule has 0 unspecified atom stereocenters. The predicted octanol–water partition coefficient (Wildman–Crippen LogP) is 4.03. The molecule has 0 spiro atoms. The van der Waals surface area contributed by atoms with E-state index in [-0.39, 0.29) is 4.32 Å².